The van der Waals surface area contributed by atoms with Crippen LogP contribution in [-0.2, 0) is 0 Å². The molecule has 0 aliphatic carbocycles. The summed E-state index contributed by atoms with van der Waals surface area (Å²) < 4.78 is 0.495. The fourth-order valence-electron chi connectivity index (χ4n) is 2.12. The fraction of sp³-hybridized carbons (Fsp3) is 1.00. The average Bonchev–Trinajstić information content (AvgIpc) is 1.80. The molecule has 1 rings (SSSR count). The Morgan fingerprint density at radius 2 is 1.83 bits per heavy atom. The lowest BCUT2D eigenvalue weighted by Crippen LogP contribution is -2.45. The van der Waals surface area contributed by atoms with Gasteiger partial charge in [-0.15, -0.1) is 0 Å². The van der Waals surface area contributed by atoms with Gasteiger partial charge in [0.2, 0.25) is 0 Å². The molecule has 0 amide bonds. The quantitative estimate of drug-likeness (QED) is 0.531. The molecule has 1 aliphatic heterocycles. The summed E-state index contributed by atoms with van der Waals surface area (Å²) in [5.41, 5.74) is 0.330. The maximum Gasteiger partial charge on any atom is 0.0211 e. The third kappa shape index (κ3) is 3.60. The first-order valence-corrected chi connectivity index (χ1v) is 5.93. The van der Waals surface area contributed by atoms with Crippen LogP contribution in [0.2, 0.25) is 0 Å². The van der Waals surface area contributed by atoms with E-state index in [1.54, 1.807) is 0 Å². The second-order valence-electron chi connectivity index (χ2n) is 4.86. The van der Waals surface area contributed by atoms with Gasteiger partial charge < -0.3 is 5.32 Å². The molecule has 1 heterocycles. The molecule has 1 unspecified atom stereocenters. The first-order valence-electron chi connectivity index (χ1n) is 4.85. The van der Waals surface area contributed by atoms with Crippen molar-refractivity contribution < 1.29 is 0 Å². The highest BCUT2D eigenvalue weighted by Crippen LogP contribution is 2.34. The van der Waals surface area contributed by atoms with E-state index >= 15 is 0 Å². The Kier molecular flexibility index (Phi) is 3.43. The smallest absolute Gasteiger partial charge is 0.0211 e. The molecule has 0 radical (unpaired) electrons. The Morgan fingerprint density at radius 3 is 2.50 bits per heavy atom. The third-order valence-corrected chi connectivity index (χ3v) is 3.46. The van der Waals surface area contributed by atoms with Gasteiger partial charge in [0.15, 0.2) is 0 Å². The number of nitrogens with one attached hydrogen (secondary N) is 1. The zero-order chi connectivity index (χ0) is 9.24. The summed E-state index contributed by atoms with van der Waals surface area (Å²) in [5.74, 6) is 0. The summed E-state index contributed by atoms with van der Waals surface area (Å²) in [4.78, 5) is 0. The fourth-order valence-corrected chi connectivity index (χ4v) is 3.45. The van der Waals surface area contributed by atoms with E-state index in [9.17, 15) is 0 Å². The number of hydrogen-bond donors (Lipinski definition) is 1. The summed E-state index contributed by atoms with van der Waals surface area (Å²) in [6.45, 7) is 8.20. The lowest BCUT2D eigenvalue weighted by molar-refractivity contribution is 0.298. The first-order chi connectivity index (χ1) is 5.41. The van der Waals surface area contributed by atoms with Gasteiger partial charge in [-0.25, -0.2) is 0 Å². The zero-order valence-corrected chi connectivity index (χ0v) is 10.6. The summed E-state index contributed by atoms with van der Waals surface area (Å²) in [7, 11) is 0. The number of alkyl halides is 1. The van der Waals surface area contributed by atoms with Crippen LogP contribution in [-0.4, -0.2) is 15.5 Å². The average molecular weight is 281 g/mol. The molecule has 72 valence electrons. The molecule has 1 fully saturated rings. The van der Waals surface area contributed by atoms with Gasteiger partial charge >= 0.3 is 0 Å². The van der Waals surface area contributed by atoms with Crippen LogP contribution in [0.1, 0.15) is 46.5 Å². The van der Waals surface area contributed by atoms with Crippen molar-refractivity contribution in [1.82, 2.24) is 5.32 Å². The molecule has 0 bridgehead atoms. The lowest BCUT2D eigenvalue weighted by atomic mass is 9.86. The monoisotopic (exact) mass is 281 g/mol. The normalized spacial score (nSPS) is 37.0. The molecular formula is C10H20IN. The van der Waals surface area contributed by atoms with Crippen molar-refractivity contribution in [3.8, 4) is 0 Å². The molecule has 2 heteroatoms. The Balaban J connectivity index is 2.58. The van der Waals surface area contributed by atoms with Gasteiger partial charge in [0.05, 0.1) is 0 Å². The van der Waals surface area contributed by atoms with E-state index in [-0.39, 0.29) is 0 Å². The van der Waals surface area contributed by atoms with Crippen molar-refractivity contribution in [2.75, 3.05) is 6.54 Å². The van der Waals surface area contributed by atoms with Crippen LogP contribution in [0.5, 0.6) is 0 Å². The number of rotatable bonds is 0. The first kappa shape index (κ1) is 10.8. The van der Waals surface area contributed by atoms with Crippen LogP contribution in [0.25, 0.3) is 0 Å². The van der Waals surface area contributed by atoms with Crippen molar-refractivity contribution in [2.24, 2.45) is 0 Å². The molecule has 0 aromatic heterocycles. The van der Waals surface area contributed by atoms with Crippen molar-refractivity contribution in [2.45, 2.75) is 55.4 Å². The minimum atomic E-state index is 0.330. The Bertz CT molecular complexity index is 136. The van der Waals surface area contributed by atoms with Gasteiger partial charge in [-0.2, -0.15) is 0 Å². The molecule has 0 saturated carbocycles. The Labute approximate surface area is 89.8 Å². The minimum absolute atomic E-state index is 0.330. The van der Waals surface area contributed by atoms with Crippen LogP contribution < -0.4 is 5.32 Å². The predicted molar refractivity (Wildman–Crippen MR) is 63.0 cm³/mol. The molecule has 1 aliphatic rings. The van der Waals surface area contributed by atoms with Gasteiger partial charge in [0.25, 0.3) is 0 Å². The van der Waals surface area contributed by atoms with Gasteiger partial charge in [0.1, 0.15) is 0 Å². The van der Waals surface area contributed by atoms with Crippen molar-refractivity contribution in [1.29, 1.82) is 0 Å². The largest absolute Gasteiger partial charge is 0.312 e. The van der Waals surface area contributed by atoms with Crippen molar-refractivity contribution in [3.05, 3.63) is 0 Å². The molecule has 0 spiro atoms. The Morgan fingerprint density at radius 1 is 1.17 bits per heavy atom. The predicted octanol–water partition coefficient (Wildman–Crippen LogP) is 3.12. The number of hydrogen-bond acceptors (Lipinski definition) is 1. The van der Waals surface area contributed by atoms with Crippen LogP contribution in [0.4, 0.5) is 0 Å². The lowest BCUT2D eigenvalue weighted by Gasteiger charge is -2.37. The van der Waals surface area contributed by atoms with E-state index in [1.807, 2.05) is 0 Å². The highest BCUT2D eigenvalue weighted by Gasteiger charge is 2.30. The summed E-state index contributed by atoms with van der Waals surface area (Å²) >= 11 is 2.62. The van der Waals surface area contributed by atoms with Gasteiger partial charge in [0, 0.05) is 8.96 Å². The van der Waals surface area contributed by atoms with E-state index in [0.29, 0.717) is 8.96 Å². The van der Waals surface area contributed by atoms with Crippen LogP contribution in [0, 0.1) is 0 Å². The molecule has 12 heavy (non-hydrogen) atoms. The van der Waals surface area contributed by atoms with Crippen molar-refractivity contribution in [3.63, 3.8) is 0 Å². The van der Waals surface area contributed by atoms with Gasteiger partial charge in [-0.05, 0) is 39.7 Å². The summed E-state index contributed by atoms with van der Waals surface area (Å²) in [6, 6.07) is 0. The second kappa shape index (κ2) is 3.82. The van der Waals surface area contributed by atoms with E-state index in [0.717, 1.165) is 0 Å². The topological polar surface area (TPSA) is 12.0 Å². The second-order valence-corrected chi connectivity index (χ2v) is 7.46. The molecule has 1 atom stereocenters. The van der Waals surface area contributed by atoms with Crippen LogP contribution >= 0.6 is 22.6 Å². The van der Waals surface area contributed by atoms with Crippen LogP contribution in [0.3, 0.4) is 0 Å². The highest BCUT2D eigenvalue weighted by atomic mass is 127. The molecule has 0 aromatic carbocycles. The highest BCUT2D eigenvalue weighted by molar-refractivity contribution is 14.1. The SMILES string of the molecule is CC1(I)CCCCNC(C)(C)C1. The van der Waals surface area contributed by atoms with Gasteiger partial charge in [-0.1, -0.05) is 35.9 Å². The molecule has 1 nitrogen and oxygen atoms in total. The van der Waals surface area contributed by atoms with E-state index in [2.05, 4.69) is 48.7 Å². The molecule has 1 saturated heterocycles. The summed E-state index contributed by atoms with van der Waals surface area (Å²) in [6.07, 6.45) is 5.36. The van der Waals surface area contributed by atoms with E-state index in [4.69, 9.17) is 0 Å². The minimum Gasteiger partial charge on any atom is -0.312 e. The number of halogens is 1. The molecular weight excluding hydrogens is 261 g/mol. The van der Waals surface area contributed by atoms with Crippen LogP contribution in [0.15, 0.2) is 0 Å². The Hall–Kier alpha value is 0.690. The van der Waals surface area contributed by atoms with Crippen molar-refractivity contribution >= 4 is 22.6 Å². The molecule has 0 aromatic rings. The zero-order valence-electron chi connectivity index (χ0n) is 8.41. The maximum absolute atomic E-state index is 3.61. The van der Waals surface area contributed by atoms with E-state index in [1.165, 1.54) is 32.2 Å². The van der Waals surface area contributed by atoms with E-state index < -0.39 is 0 Å². The van der Waals surface area contributed by atoms with Gasteiger partial charge in [-0.3, -0.25) is 0 Å². The third-order valence-electron chi connectivity index (χ3n) is 2.54. The maximum atomic E-state index is 3.61. The summed E-state index contributed by atoms with van der Waals surface area (Å²) in [5, 5.41) is 3.61. The molecule has 1 N–H and O–H groups in total. The standard InChI is InChI=1S/C10H20IN/c1-9(2)8-10(3,11)6-4-5-7-12-9/h12H,4-8H2,1-3H3.